The summed E-state index contributed by atoms with van der Waals surface area (Å²) in [7, 11) is 0. The van der Waals surface area contributed by atoms with Crippen LogP contribution >= 0.6 is 0 Å². The van der Waals surface area contributed by atoms with Crippen LogP contribution < -0.4 is 0 Å². The standard InChI is InChI=1S/C11H14O3.C7H14O2/c1-2-3-8-14-11(13)9-6-4-5-7-10(9)12;1-3-5-6-9-7(8)4-2/h4-7,12H,2-3,8H2,1H3;3-6H2,1-2H3. The van der Waals surface area contributed by atoms with Crippen molar-refractivity contribution < 1.29 is 24.2 Å². The number of ether oxygens (including phenoxy) is 2. The highest BCUT2D eigenvalue weighted by Gasteiger charge is 2.10. The monoisotopic (exact) mass is 324 g/mol. The smallest absolute Gasteiger partial charge is 0.341 e. The first-order valence-corrected chi connectivity index (χ1v) is 8.17. The van der Waals surface area contributed by atoms with Gasteiger partial charge in [-0.3, -0.25) is 4.79 Å². The maximum absolute atomic E-state index is 11.4. The minimum atomic E-state index is -0.462. The lowest BCUT2D eigenvalue weighted by Gasteiger charge is -2.04. The molecule has 0 aliphatic carbocycles. The van der Waals surface area contributed by atoms with Gasteiger partial charge in [0.1, 0.15) is 11.3 Å². The van der Waals surface area contributed by atoms with Crippen molar-refractivity contribution in [1.29, 1.82) is 0 Å². The van der Waals surface area contributed by atoms with Crippen molar-refractivity contribution >= 4 is 11.9 Å². The van der Waals surface area contributed by atoms with Crippen LogP contribution in [0, 0.1) is 0 Å². The van der Waals surface area contributed by atoms with E-state index in [1.165, 1.54) is 6.07 Å². The van der Waals surface area contributed by atoms with Crippen molar-refractivity contribution in [2.45, 2.75) is 52.9 Å². The Morgan fingerprint density at radius 1 is 0.957 bits per heavy atom. The molecule has 23 heavy (non-hydrogen) atoms. The second-order valence-corrected chi connectivity index (χ2v) is 4.93. The summed E-state index contributed by atoms with van der Waals surface area (Å²) in [4.78, 5) is 21.8. The number of unbranched alkanes of at least 4 members (excludes halogenated alkanes) is 2. The van der Waals surface area contributed by atoms with Crippen LogP contribution in [0.25, 0.3) is 0 Å². The van der Waals surface area contributed by atoms with Gasteiger partial charge in [0.05, 0.1) is 13.2 Å². The van der Waals surface area contributed by atoms with Gasteiger partial charge in [-0.05, 0) is 25.0 Å². The minimum absolute atomic E-state index is 0.0333. The van der Waals surface area contributed by atoms with Gasteiger partial charge >= 0.3 is 11.9 Å². The number of benzene rings is 1. The van der Waals surface area contributed by atoms with Crippen LogP contribution in [0.4, 0.5) is 0 Å². The quantitative estimate of drug-likeness (QED) is 0.576. The lowest BCUT2D eigenvalue weighted by Crippen LogP contribution is -2.06. The Labute approximate surface area is 138 Å². The van der Waals surface area contributed by atoms with Crippen LogP contribution in [0.5, 0.6) is 5.75 Å². The van der Waals surface area contributed by atoms with Crippen LogP contribution in [0.1, 0.15) is 63.2 Å². The SMILES string of the molecule is CCCCOC(=O)CC.CCCCOC(=O)c1ccccc1O. The Hall–Kier alpha value is -2.04. The van der Waals surface area contributed by atoms with Crippen LogP contribution in [0.3, 0.4) is 0 Å². The number of carbonyl (C=O) groups is 2. The van der Waals surface area contributed by atoms with Gasteiger partial charge in [-0.15, -0.1) is 0 Å². The van der Waals surface area contributed by atoms with Crippen molar-refractivity contribution in [3.05, 3.63) is 29.8 Å². The summed E-state index contributed by atoms with van der Waals surface area (Å²) < 4.78 is 9.74. The zero-order chi connectivity index (χ0) is 17.5. The molecule has 0 aliphatic heterocycles. The van der Waals surface area contributed by atoms with Gasteiger partial charge in [-0.2, -0.15) is 0 Å². The van der Waals surface area contributed by atoms with Crippen molar-refractivity contribution in [3.8, 4) is 5.75 Å². The maximum Gasteiger partial charge on any atom is 0.341 e. The van der Waals surface area contributed by atoms with Gasteiger partial charge in [0.25, 0.3) is 0 Å². The predicted octanol–water partition coefficient (Wildman–Crippen LogP) is 4.09. The number of aromatic hydroxyl groups is 1. The van der Waals surface area contributed by atoms with Crippen molar-refractivity contribution in [2.24, 2.45) is 0 Å². The number of phenols is 1. The molecule has 0 spiro atoms. The molecule has 130 valence electrons. The number of phenolic OH excluding ortho intramolecular Hbond substituents is 1. The van der Waals surface area contributed by atoms with E-state index in [1.807, 2.05) is 6.92 Å². The van der Waals surface area contributed by atoms with Crippen LogP contribution in [-0.2, 0) is 14.3 Å². The highest BCUT2D eigenvalue weighted by atomic mass is 16.5. The largest absolute Gasteiger partial charge is 0.507 e. The number of rotatable bonds is 8. The number of hydrogen-bond donors (Lipinski definition) is 1. The fraction of sp³-hybridized carbons (Fsp3) is 0.556. The summed E-state index contributed by atoms with van der Waals surface area (Å²) in [6.07, 6.45) is 4.37. The van der Waals surface area contributed by atoms with Crippen LogP contribution in [-0.4, -0.2) is 30.3 Å². The van der Waals surface area contributed by atoms with Gasteiger partial charge < -0.3 is 14.6 Å². The highest BCUT2D eigenvalue weighted by molar-refractivity contribution is 5.92. The zero-order valence-corrected chi connectivity index (χ0v) is 14.3. The van der Waals surface area contributed by atoms with E-state index in [-0.39, 0.29) is 17.3 Å². The minimum Gasteiger partial charge on any atom is -0.507 e. The van der Waals surface area contributed by atoms with E-state index in [4.69, 9.17) is 9.47 Å². The van der Waals surface area contributed by atoms with E-state index in [1.54, 1.807) is 25.1 Å². The van der Waals surface area contributed by atoms with Gasteiger partial charge in [0.2, 0.25) is 0 Å². The molecular weight excluding hydrogens is 296 g/mol. The number of para-hydroxylation sites is 1. The molecule has 1 aromatic carbocycles. The van der Waals surface area contributed by atoms with Gasteiger partial charge in [-0.25, -0.2) is 4.79 Å². The van der Waals surface area contributed by atoms with Gasteiger partial charge in [0, 0.05) is 6.42 Å². The molecule has 0 heterocycles. The molecule has 0 saturated heterocycles. The molecule has 0 fully saturated rings. The van der Waals surface area contributed by atoms with E-state index in [2.05, 4.69) is 6.92 Å². The van der Waals surface area contributed by atoms with Crippen LogP contribution in [0.15, 0.2) is 24.3 Å². The molecule has 5 nitrogen and oxygen atoms in total. The third-order valence-corrected chi connectivity index (χ3v) is 2.90. The third kappa shape index (κ3) is 10.3. The van der Waals surface area contributed by atoms with E-state index in [9.17, 15) is 14.7 Å². The summed E-state index contributed by atoms with van der Waals surface area (Å²) in [6.45, 7) is 6.88. The molecule has 5 heteroatoms. The molecule has 0 saturated carbocycles. The number of hydrogen-bond acceptors (Lipinski definition) is 5. The first-order valence-electron chi connectivity index (χ1n) is 8.17. The first kappa shape index (κ1) is 21.0. The predicted molar refractivity (Wildman–Crippen MR) is 89.5 cm³/mol. The Balaban J connectivity index is 0.000000468. The lowest BCUT2D eigenvalue weighted by atomic mass is 10.2. The Morgan fingerprint density at radius 2 is 1.52 bits per heavy atom. The third-order valence-electron chi connectivity index (χ3n) is 2.90. The van der Waals surface area contributed by atoms with E-state index >= 15 is 0 Å². The number of carbonyl (C=O) groups excluding carboxylic acids is 2. The van der Waals surface area contributed by atoms with E-state index < -0.39 is 5.97 Å². The van der Waals surface area contributed by atoms with E-state index in [0.29, 0.717) is 19.6 Å². The maximum atomic E-state index is 11.4. The zero-order valence-electron chi connectivity index (χ0n) is 14.3. The van der Waals surface area contributed by atoms with Crippen molar-refractivity contribution in [3.63, 3.8) is 0 Å². The summed E-state index contributed by atoms with van der Waals surface area (Å²) >= 11 is 0. The Kier molecular flexibility index (Phi) is 12.4. The topological polar surface area (TPSA) is 72.8 Å². The van der Waals surface area contributed by atoms with E-state index in [0.717, 1.165) is 25.7 Å². The van der Waals surface area contributed by atoms with Gasteiger partial charge in [-0.1, -0.05) is 45.7 Å². The molecule has 0 aromatic heterocycles. The van der Waals surface area contributed by atoms with Crippen LogP contribution in [0.2, 0.25) is 0 Å². The molecule has 0 atom stereocenters. The molecule has 0 bridgehead atoms. The Bertz CT molecular complexity index is 456. The molecular formula is C18H28O5. The Morgan fingerprint density at radius 3 is 2.04 bits per heavy atom. The molecule has 1 N–H and O–H groups in total. The molecule has 1 rings (SSSR count). The second-order valence-electron chi connectivity index (χ2n) is 4.93. The second kappa shape index (κ2) is 13.6. The summed E-state index contributed by atoms with van der Waals surface area (Å²) in [5.74, 6) is -0.589. The molecule has 0 unspecified atom stereocenters. The van der Waals surface area contributed by atoms with Crippen molar-refractivity contribution in [2.75, 3.05) is 13.2 Å². The highest BCUT2D eigenvalue weighted by Crippen LogP contribution is 2.16. The average molecular weight is 324 g/mol. The lowest BCUT2D eigenvalue weighted by molar-refractivity contribution is -0.143. The molecule has 0 aliphatic rings. The number of esters is 2. The molecule has 0 radical (unpaired) electrons. The average Bonchev–Trinajstić information content (AvgIpc) is 2.56. The fourth-order valence-corrected chi connectivity index (χ4v) is 1.47. The normalized spacial score (nSPS) is 9.52. The first-order chi connectivity index (χ1) is 11.1. The fourth-order valence-electron chi connectivity index (χ4n) is 1.47. The van der Waals surface area contributed by atoms with Crippen molar-refractivity contribution in [1.82, 2.24) is 0 Å². The summed E-state index contributed by atoms with van der Waals surface area (Å²) in [5, 5.41) is 9.34. The summed E-state index contributed by atoms with van der Waals surface area (Å²) in [6, 6.07) is 6.37. The molecule has 0 amide bonds. The summed E-state index contributed by atoms with van der Waals surface area (Å²) in [5.41, 5.74) is 0.226. The molecule has 1 aromatic rings. The van der Waals surface area contributed by atoms with Gasteiger partial charge in [0.15, 0.2) is 0 Å².